The quantitative estimate of drug-likeness (QED) is 0.814. The van der Waals surface area contributed by atoms with E-state index in [1.54, 1.807) is 6.26 Å². The Morgan fingerprint density at radius 3 is 2.88 bits per heavy atom. The summed E-state index contributed by atoms with van der Waals surface area (Å²) in [5, 5.41) is 2.82. The largest absolute Gasteiger partial charge is 0.356 e. The molecule has 3 nitrogen and oxygen atoms in total. The van der Waals surface area contributed by atoms with Crippen molar-refractivity contribution in [3.8, 4) is 0 Å². The summed E-state index contributed by atoms with van der Waals surface area (Å²) in [5.41, 5.74) is 0.982. The molecule has 0 aliphatic rings. The van der Waals surface area contributed by atoms with Gasteiger partial charge in [0.1, 0.15) is 0 Å². The summed E-state index contributed by atoms with van der Waals surface area (Å²) in [4.78, 5) is 11.6. The molecule has 0 saturated heterocycles. The molecule has 0 spiro atoms. The minimum atomic E-state index is -0.779. The molecule has 0 aliphatic carbocycles. The summed E-state index contributed by atoms with van der Waals surface area (Å²) in [5.74, 6) is 0.641. The number of carbonyl (C=O) groups is 1. The lowest BCUT2D eigenvalue weighted by Gasteiger charge is -2.05. The van der Waals surface area contributed by atoms with E-state index in [0.29, 0.717) is 18.7 Å². The maximum absolute atomic E-state index is 11.6. The van der Waals surface area contributed by atoms with Gasteiger partial charge in [0.15, 0.2) is 0 Å². The number of benzene rings is 1. The Hall–Kier alpha value is -0.680. The van der Waals surface area contributed by atoms with Gasteiger partial charge in [-0.15, -0.1) is 0 Å². The smallest absolute Gasteiger partial charge is 0.224 e. The van der Waals surface area contributed by atoms with Crippen molar-refractivity contribution in [3.05, 3.63) is 34.3 Å². The van der Waals surface area contributed by atoms with Gasteiger partial charge in [-0.05, 0) is 24.1 Å². The fourth-order valence-electron chi connectivity index (χ4n) is 1.40. The number of nitrogens with one attached hydrogen (secondary N) is 1. The lowest BCUT2D eigenvalue weighted by Crippen LogP contribution is -2.26. The summed E-state index contributed by atoms with van der Waals surface area (Å²) >= 11 is 3.37. The number of rotatable bonds is 6. The van der Waals surface area contributed by atoms with E-state index in [1.165, 1.54) is 0 Å². The van der Waals surface area contributed by atoms with Crippen LogP contribution < -0.4 is 5.32 Å². The number of hydrogen-bond donors (Lipinski definition) is 1. The number of carbonyl (C=O) groups excluding carboxylic acids is 1. The molecular formula is C12H16BrNO2S. The highest BCUT2D eigenvalue weighted by atomic mass is 79.9. The zero-order chi connectivity index (χ0) is 12.7. The van der Waals surface area contributed by atoms with Crippen LogP contribution >= 0.6 is 15.9 Å². The van der Waals surface area contributed by atoms with Crippen LogP contribution in [0, 0.1) is 0 Å². The van der Waals surface area contributed by atoms with Gasteiger partial charge >= 0.3 is 0 Å². The Balaban J connectivity index is 2.27. The molecule has 0 unspecified atom stereocenters. The van der Waals surface area contributed by atoms with E-state index >= 15 is 0 Å². The first kappa shape index (κ1) is 14.4. The van der Waals surface area contributed by atoms with Crippen LogP contribution in [0.5, 0.6) is 0 Å². The van der Waals surface area contributed by atoms with E-state index in [9.17, 15) is 9.00 Å². The molecule has 1 aromatic carbocycles. The van der Waals surface area contributed by atoms with Gasteiger partial charge in [-0.3, -0.25) is 9.00 Å². The van der Waals surface area contributed by atoms with Crippen molar-refractivity contribution in [2.24, 2.45) is 0 Å². The van der Waals surface area contributed by atoms with Crippen molar-refractivity contribution in [2.75, 3.05) is 18.6 Å². The maximum Gasteiger partial charge on any atom is 0.224 e. The van der Waals surface area contributed by atoms with Crippen molar-refractivity contribution < 1.29 is 9.00 Å². The van der Waals surface area contributed by atoms with E-state index in [2.05, 4.69) is 21.2 Å². The molecule has 0 fully saturated rings. The molecule has 0 radical (unpaired) electrons. The average Bonchev–Trinajstić information content (AvgIpc) is 2.24. The summed E-state index contributed by atoms with van der Waals surface area (Å²) in [6.07, 6.45) is 2.81. The van der Waals surface area contributed by atoms with Crippen LogP contribution in [0.25, 0.3) is 0 Å². The van der Waals surface area contributed by atoms with E-state index in [-0.39, 0.29) is 5.91 Å². The van der Waals surface area contributed by atoms with Gasteiger partial charge < -0.3 is 5.32 Å². The van der Waals surface area contributed by atoms with Crippen molar-refractivity contribution in [1.29, 1.82) is 0 Å². The minimum absolute atomic E-state index is 0.00462. The van der Waals surface area contributed by atoms with Crippen LogP contribution in [0.2, 0.25) is 0 Å². The second-order valence-corrected chi connectivity index (χ2v) is 6.26. The van der Waals surface area contributed by atoms with Crippen LogP contribution in [0.15, 0.2) is 28.7 Å². The monoisotopic (exact) mass is 317 g/mol. The molecule has 1 N–H and O–H groups in total. The molecule has 1 amide bonds. The van der Waals surface area contributed by atoms with Gasteiger partial charge in [-0.1, -0.05) is 28.1 Å². The lowest BCUT2D eigenvalue weighted by molar-refractivity contribution is -0.120. The summed E-state index contributed by atoms with van der Waals surface area (Å²) in [6.45, 7) is 0.590. The highest BCUT2D eigenvalue weighted by Gasteiger charge is 2.03. The summed E-state index contributed by atoms with van der Waals surface area (Å²) in [7, 11) is -0.779. The standard InChI is InChI=1S/C12H16BrNO2S/c1-17(16)7-3-6-14-12(15)9-10-4-2-5-11(13)8-10/h2,4-5,8H,3,6-7,9H2,1H3,(H,14,15)/t17-/m1/s1. The Morgan fingerprint density at radius 2 is 2.24 bits per heavy atom. The van der Waals surface area contributed by atoms with E-state index in [1.807, 2.05) is 24.3 Å². The van der Waals surface area contributed by atoms with Crippen LogP contribution in [0.4, 0.5) is 0 Å². The Labute approximate surface area is 113 Å². The zero-order valence-corrected chi connectivity index (χ0v) is 12.1. The average molecular weight is 318 g/mol. The van der Waals surface area contributed by atoms with E-state index in [0.717, 1.165) is 16.5 Å². The summed E-state index contributed by atoms with van der Waals surface area (Å²) in [6, 6.07) is 7.69. The molecule has 1 atom stereocenters. The number of amides is 1. The molecule has 1 rings (SSSR count). The molecule has 0 aliphatic heterocycles. The Kier molecular flexibility index (Phi) is 6.44. The highest BCUT2D eigenvalue weighted by Crippen LogP contribution is 2.11. The first-order valence-electron chi connectivity index (χ1n) is 5.39. The first-order chi connectivity index (χ1) is 8.08. The SMILES string of the molecule is C[S@@](=O)CCCNC(=O)Cc1cccc(Br)c1. The third-order valence-corrected chi connectivity index (χ3v) is 3.54. The third kappa shape index (κ3) is 6.58. The molecule has 0 saturated carbocycles. The zero-order valence-electron chi connectivity index (χ0n) is 9.74. The molecule has 0 aromatic heterocycles. The Morgan fingerprint density at radius 1 is 1.47 bits per heavy atom. The van der Waals surface area contributed by atoms with Gasteiger partial charge in [0.25, 0.3) is 0 Å². The van der Waals surface area contributed by atoms with Gasteiger partial charge in [-0.25, -0.2) is 0 Å². The molecule has 1 aromatic rings. The van der Waals surface area contributed by atoms with Crippen LogP contribution in [-0.2, 0) is 22.0 Å². The molecule has 0 bridgehead atoms. The fraction of sp³-hybridized carbons (Fsp3) is 0.417. The number of halogens is 1. The lowest BCUT2D eigenvalue weighted by atomic mass is 10.1. The predicted molar refractivity (Wildman–Crippen MR) is 74.4 cm³/mol. The third-order valence-electron chi connectivity index (χ3n) is 2.18. The van der Waals surface area contributed by atoms with Crippen LogP contribution in [-0.4, -0.2) is 28.7 Å². The van der Waals surface area contributed by atoms with E-state index in [4.69, 9.17) is 0 Å². The summed E-state index contributed by atoms with van der Waals surface area (Å²) < 4.78 is 11.8. The molecular weight excluding hydrogens is 302 g/mol. The van der Waals surface area contributed by atoms with Crippen molar-refractivity contribution in [2.45, 2.75) is 12.8 Å². The number of hydrogen-bond acceptors (Lipinski definition) is 2. The molecule has 17 heavy (non-hydrogen) atoms. The topological polar surface area (TPSA) is 46.2 Å². The van der Waals surface area contributed by atoms with Gasteiger partial charge in [0.05, 0.1) is 6.42 Å². The molecule has 0 heterocycles. The second kappa shape index (κ2) is 7.61. The maximum atomic E-state index is 11.6. The molecule has 5 heteroatoms. The van der Waals surface area contributed by atoms with Crippen molar-refractivity contribution >= 4 is 32.6 Å². The van der Waals surface area contributed by atoms with Crippen LogP contribution in [0.1, 0.15) is 12.0 Å². The van der Waals surface area contributed by atoms with E-state index < -0.39 is 10.8 Å². The van der Waals surface area contributed by atoms with Crippen molar-refractivity contribution in [1.82, 2.24) is 5.32 Å². The minimum Gasteiger partial charge on any atom is -0.356 e. The van der Waals surface area contributed by atoms with Gasteiger partial charge in [0.2, 0.25) is 5.91 Å². The normalized spacial score (nSPS) is 12.1. The Bertz CT molecular complexity index is 409. The second-order valence-electron chi connectivity index (χ2n) is 3.79. The predicted octanol–water partition coefficient (Wildman–Crippen LogP) is 1.88. The fourth-order valence-corrected chi connectivity index (χ4v) is 2.40. The van der Waals surface area contributed by atoms with Crippen molar-refractivity contribution in [3.63, 3.8) is 0 Å². The molecule has 94 valence electrons. The van der Waals surface area contributed by atoms with Crippen LogP contribution in [0.3, 0.4) is 0 Å². The van der Waals surface area contributed by atoms with Gasteiger partial charge in [-0.2, -0.15) is 0 Å². The van der Waals surface area contributed by atoms with Gasteiger partial charge in [0, 0.05) is 33.8 Å². The first-order valence-corrected chi connectivity index (χ1v) is 7.91. The highest BCUT2D eigenvalue weighted by molar-refractivity contribution is 9.10.